The zero-order valence-electron chi connectivity index (χ0n) is 25.2. The van der Waals surface area contributed by atoms with Crippen LogP contribution < -0.4 is 14.4 Å². The molecular weight excluding hydrogens is 572 g/mol. The molecule has 0 heterocycles. The van der Waals surface area contributed by atoms with Crippen molar-refractivity contribution in [2.75, 3.05) is 24.5 Å². The summed E-state index contributed by atoms with van der Waals surface area (Å²) >= 11 is 0. The van der Waals surface area contributed by atoms with Crippen LogP contribution in [0.15, 0.2) is 71.6 Å². The van der Waals surface area contributed by atoms with E-state index in [9.17, 15) is 28.1 Å². The molecule has 2 amide bonds. The first-order valence-corrected chi connectivity index (χ1v) is 15.2. The average molecular weight is 611 g/mol. The number of sulfonamides is 1. The summed E-state index contributed by atoms with van der Waals surface area (Å²) in [6, 6.07) is 16.2. The smallest absolute Gasteiger partial charge is 0.273 e. The molecule has 0 fully saturated rings. The van der Waals surface area contributed by atoms with E-state index in [1.54, 1.807) is 19.1 Å². The molecule has 11 nitrogen and oxygen atoms in total. The Kier molecular flexibility index (Phi) is 10.9. The number of nitro benzene ring substituents is 1. The van der Waals surface area contributed by atoms with Gasteiger partial charge in [-0.2, -0.15) is 0 Å². The first-order chi connectivity index (χ1) is 20.2. The fourth-order valence-corrected chi connectivity index (χ4v) is 5.83. The van der Waals surface area contributed by atoms with Gasteiger partial charge < -0.3 is 15.0 Å². The van der Waals surface area contributed by atoms with E-state index in [-0.39, 0.29) is 34.6 Å². The van der Waals surface area contributed by atoms with Gasteiger partial charge in [0.25, 0.3) is 15.7 Å². The first kappa shape index (κ1) is 33.1. The molecule has 3 rings (SSSR count). The third kappa shape index (κ3) is 8.31. The number of aryl methyl sites for hydroxylation is 2. The fourth-order valence-electron chi connectivity index (χ4n) is 4.39. The summed E-state index contributed by atoms with van der Waals surface area (Å²) in [6.07, 6.45) is 0. The van der Waals surface area contributed by atoms with Gasteiger partial charge in [0.1, 0.15) is 18.3 Å². The van der Waals surface area contributed by atoms with Gasteiger partial charge in [0.15, 0.2) is 0 Å². The van der Waals surface area contributed by atoms with E-state index in [1.165, 1.54) is 43.2 Å². The maximum Gasteiger partial charge on any atom is 0.273 e. The standard InChI is InChI=1S/C31H38N4O7S/c1-21(2)18-32-31(37)24(5)33(19-25-9-7-8-22(3)16-25)30(36)20-34(26-11-13-27(42-6)14-12-26)43(40,41)28-15-10-23(4)29(17-28)35(38)39/h7-17,21,24H,18-20H2,1-6H3,(H,32,37). The summed E-state index contributed by atoms with van der Waals surface area (Å²) in [6.45, 7) is 8.73. The van der Waals surface area contributed by atoms with Crippen molar-refractivity contribution in [3.8, 4) is 5.75 Å². The number of carbonyl (C=O) groups excluding carboxylic acids is 2. The highest BCUT2D eigenvalue weighted by molar-refractivity contribution is 7.92. The maximum atomic E-state index is 14.0. The van der Waals surface area contributed by atoms with Crippen LogP contribution in [0.2, 0.25) is 0 Å². The van der Waals surface area contributed by atoms with Gasteiger partial charge in [0.05, 0.1) is 22.6 Å². The zero-order valence-corrected chi connectivity index (χ0v) is 26.1. The van der Waals surface area contributed by atoms with Crippen LogP contribution in [-0.4, -0.2) is 56.3 Å². The molecular formula is C31H38N4O7S. The summed E-state index contributed by atoms with van der Waals surface area (Å²) in [4.78, 5) is 39.1. The second-order valence-electron chi connectivity index (χ2n) is 10.7. The highest BCUT2D eigenvalue weighted by atomic mass is 32.2. The van der Waals surface area contributed by atoms with Gasteiger partial charge in [-0.05, 0) is 62.6 Å². The van der Waals surface area contributed by atoms with Crippen molar-refractivity contribution in [3.05, 3.63) is 93.5 Å². The molecule has 0 bridgehead atoms. The van der Waals surface area contributed by atoms with Gasteiger partial charge in [-0.25, -0.2) is 8.42 Å². The third-order valence-electron chi connectivity index (χ3n) is 6.89. The summed E-state index contributed by atoms with van der Waals surface area (Å²) in [7, 11) is -3.02. The maximum absolute atomic E-state index is 14.0. The molecule has 0 radical (unpaired) electrons. The van der Waals surface area contributed by atoms with E-state index in [2.05, 4.69) is 5.32 Å². The fraction of sp³-hybridized carbons (Fsp3) is 0.355. The lowest BCUT2D eigenvalue weighted by atomic mass is 10.1. The summed E-state index contributed by atoms with van der Waals surface area (Å²) in [5, 5.41) is 14.4. The van der Waals surface area contributed by atoms with Crippen molar-refractivity contribution < 1.29 is 27.7 Å². The average Bonchev–Trinajstić information content (AvgIpc) is 2.96. The molecule has 0 aliphatic heterocycles. The van der Waals surface area contributed by atoms with Crippen LogP contribution in [0.4, 0.5) is 11.4 Å². The lowest BCUT2D eigenvalue weighted by molar-refractivity contribution is -0.385. The van der Waals surface area contributed by atoms with Crippen molar-refractivity contribution in [2.24, 2.45) is 5.92 Å². The monoisotopic (exact) mass is 610 g/mol. The number of anilines is 1. The Morgan fingerprint density at radius 1 is 1.00 bits per heavy atom. The topological polar surface area (TPSA) is 139 Å². The van der Waals surface area contributed by atoms with Crippen LogP contribution in [0.1, 0.15) is 37.5 Å². The Morgan fingerprint density at radius 3 is 2.26 bits per heavy atom. The van der Waals surface area contributed by atoms with E-state index in [0.717, 1.165) is 21.5 Å². The molecule has 12 heteroatoms. The number of carbonyl (C=O) groups is 2. The van der Waals surface area contributed by atoms with E-state index < -0.39 is 33.4 Å². The number of rotatable bonds is 13. The molecule has 1 unspecified atom stereocenters. The van der Waals surface area contributed by atoms with Crippen LogP contribution >= 0.6 is 0 Å². The zero-order chi connectivity index (χ0) is 31.9. The summed E-state index contributed by atoms with van der Waals surface area (Å²) in [5.41, 5.74) is 1.81. The number of hydrogen-bond acceptors (Lipinski definition) is 7. The van der Waals surface area contributed by atoms with Crippen LogP contribution in [0.25, 0.3) is 0 Å². The van der Waals surface area contributed by atoms with E-state index in [0.29, 0.717) is 17.9 Å². The molecule has 3 aromatic rings. The van der Waals surface area contributed by atoms with Crippen LogP contribution in [0.3, 0.4) is 0 Å². The first-order valence-electron chi connectivity index (χ1n) is 13.8. The Bertz CT molecular complexity index is 1570. The molecule has 1 N–H and O–H groups in total. The summed E-state index contributed by atoms with van der Waals surface area (Å²) in [5.74, 6) is -0.348. The number of benzene rings is 3. The Hall–Kier alpha value is -4.45. The molecule has 3 aromatic carbocycles. The number of nitrogens with zero attached hydrogens (tertiary/aromatic N) is 3. The number of nitro groups is 1. The van der Waals surface area contributed by atoms with Gasteiger partial charge >= 0.3 is 0 Å². The van der Waals surface area contributed by atoms with Gasteiger partial charge in [-0.15, -0.1) is 0 Å². The molecule has 43 heavy (non-hydrogen) atoms. The minimum atomic E-state index is -4.48. The predicted molar refractivity (Wildman–Crippen MR) is 164 cm³/mol. The number of methoxy groups -OCH3 is 1. The predicted octanol–water partition coefficient (Wildman–Crippen LogP) is 4.61. The van der Waals surface area contributed by atoms with Crippen molar-refractivity contribution >= 4 is 33.2 Å². The second-order valence-corrected chi connectivity index (χ2v) is 12.6. The molecule has 230 valence electrons. The Labute approximate surface area is 252 Å². The van der Waals surface area contributed by atoms with Gasteiger partial charge in [-0.1, -0.05) is 49.7 Å². The van der Waals surface area contributed by atoms with Gasteiger partial charge in [-0.3, -0.25) is 24.0 Å². The molecule has 0 saturated heterocycles. The van der Waals surface area contributed by atoms with Crippen LogP contribution in [0.5, 0.6) is 5.75 Å². The third-order valence-corrected chi connectivity index (χ3v) is 8.66. The normalized spacial score (nSPS) is 12.0. The van der Waals surface area contributed by atoms with E-state index in [4.69, 9.17) is 4.74 Å². The molecule has 0 aromatic heterocycles. The quantitative estimate of drug-likeness (QED) is 0.220. The van der Waals surface area contributed by atoms with E-state index in [1.807, 2.05) is 45.0 Å². The second kappa shape index (κ2) is 14.1. The van der Waals surface area contributed by atoms with Gasteiger partial charge in [0, 0.05) is 24.7 Å². The Morgan fingerprint density at radius 2 is 1.67 bits per heavy atom. The lowest BCUT2D eigenvalue weighted by Crippen LogP contribution is -2.51. The van der Waals surface area contributed by atoms with Crippen LogP contribution in [0, 0.1) is 29.9 Å². The number of ether oxygens (including phenoxy) is 1. The number of nitrogens with one attached hydrogen (secondary N) is 1. The highest BCUT2D eigenvalue weighted by Crippen LogP contribution is 2.29. The number of hydrogen-bond donors (Lipinski definition) is 1. The molecule has 0 saturated carbocycles. The molecule has 1 atom stereocenters. The van der Waals surface area contributed by atoms with Crippen molar-refractivity contribution in [2.45, 2.75) is 52.1 Å². The largest absolute Gasteiger partial charge is 0.497 e. The summed E-state index contributed by atoms with van der Waals surface area (Å²) < 4.78 is 34.2. The van der Waals surface area contributed by atoms with Crippen molar-refractivity contribution in [1.29, 1.82) is 0 Å². The van der Waals surface area contributed by atoms with E-state index >= 15 is 0 Å². The highest BCUT2D eigenvalue weighted by Gasteiger charge is 2.33. The molecule has 0 aliphatic carbocycles. The minimum Gasteiger partial charge on any atom is -0.497 e. The molecule has 0 aliphatic rings. The van der Waals surface area contributed by atoms with Crippen LogP contribution in [-0.2, 0) is 26.2 Å². The van der Waals surface area contributed by atoms with Gasteiger partial charge in [0.2, 0.25) is 11.8 Å². The minimum absolute atomic E-state index is 0.0588. The number of amides is 2. The Balaban J connectivity index is 2.08. The molecule has 0 spiro atoms. The van der Waals surface area contributed by atoms with Crippen molar-refractivity contribution in [1.82, 2.24) is 10.2 Å². The lowest BCUT2D eigenvalue weighted by Gasteiger charge is -2.32. The van der Waals surface area contributed by atoms with Crippen molar-refractivity contribution in [3.63, 3.8) is 0 Å². The SMILES string of the molecule is COc1ccc(N(CC(=O)N(Cc2cccc(C)c2)C(C)C(=O)NCC(C)C)S(=O)(=O)c2ccc(C)c([N+](=O)[O-])c2)cc1.